The summed E-state index contributed by atoms with van der Waals surface area (Å²) < 4.78 is 11.4. The minimum absolute atomic E-state index is 0.0726. The van der Waals surface area contributed by atoms with Gasteiger partial charge in [-0.25, -0.2) is 0 Å². The Kier molecular flexibility index (Phi) is 2.38. The monoisotopic (exact) mass is 169 g/mol. The maximum atomic E-state index is 10.9. The van der Waals surface area contributed by atoms with Crippen LogP contribution in [-0.4, -0.2) is 24.7 Å². The fraction of sp³-hybridized carbons (Fsp3) is 0.375. The Morgan fingerprint density at radius 1 is 1.25 bits per heavy atom. The van der Waals surface area contributed by atoms with E-state index in [9.17, 15) is 4.79 Å². The number of methoxy groups -OCH3 is 2. The first-order valence-corrected chi connectivity index (χ1v) is 3.50. The lowest BCUT2D eigenvalue weighted by Gasteiger charge is -1.97. The number of rotatable bonds is 2. The number of hydrogen-bond acceptors (Lipinski definition) is 3. The van der Waals surface area contributed by atoms with Gasteiger partial charge in [0.15, 0.2) is 11.5 Å². The molecule has 0 saturated carbocycles. The normalized spacial score (nSPS) is 9.58. The molecule has 0 spiro atoms. The number of aromatic nitrogens is 1. The number of ether oxygens (including phenoxy) is 2. The van der Waals surface area contributed by atoms with Crippen LogP contribution in [0.3, 0.4) is 0 Å². The second kappa shape index (κ2) is 3.30. The summed E-state index contributed by atoms with van der Waals surface area (Å²) in [6.07, 6.45) is 3.17. The molecule has 1 rings (SSSR count). The molecule has 0 aliphatic heterocycles. The fourth-order valence-electron chi connectivity index (χ4n) is 0.906. The molecule has 0 aliphatic carbocycles. The van der Waals surface area contributed by atoms with Crippen molar-refractivity contribution < 1.29 is 14.3 Å². The van der Waals surface area contributed by atoms with Crippen LogP contribution in [0.2, 0.25) is 0 Å². The second-order valence-corrected chi connectivity index (χ2v) is 2.32. The van der Waals surface area contributed by atoms with Gasteiger partial charge in [-0.3, -0.25) is 9.36 Å². The lowest BCUT2D eigenvalue weighted by molar-refractivity contribution is 0.0936. The minimum atomic E-state index is -0.0726. The smallest absolute Gasteiger partial charge is 0.227 e. The molecular weight excluding hydrogens is 158 g/mol. The molecule has 0 atom stereocenters. The van der Waals surface area contributed by atoms with Crippen LogP contribution in [0.4, 0.5) is 0 Å². The molecule has 66 valence electrons. The second-order valence-electron chi connectivity index (χ2n) is 2.32. The summed E-state index contributed by atoms with van der Waals surface area (Å²) in [5.41, 5.74) is 0. The molecule has 0 bridgehead atoms. The third-order valence-electron chi connectivity index (χ3n) is 1.56. The van der Waals surface area contributed by atoms with Crippen LogP contribution in [0.15, 0.2) is 12.4 Å². The average Bonchev–Trinajstić information content (AvgIpc) is 2.46. The topological polar surface area (TPSA) is 40.5 Å². The van der Waals surface area contributed by atoms with Crippen LogP contribution in [-0.2, 0) is 0 Å². The molecule has 4 nitrogen and oxygen atoms in total. The van der Waals surface area contributed by atoms with Gasteiger partial charge in [0.2, 0.25) is 5.91 Å². The summed E-state index contributed by atoms with van der Waals surface area (Å²) >= 11 is 0. The largest absolute Gasteiger partial charge is 0.491 e. The summed E-state index contributed by atoms with van der Waals surface area (Å²) in [5.74, 6) is 1.05. The van der Waals surface area contributed by atoms with Gasteiger partial charge in [-0.2, -0.15) is 0 Å². The lowest BCUT2D eigenvalue weighted by atomic mass is 10.5. The predicted octanol–water partition coefficient (Wildman–Crippen LogP) is 1.17. The fourth-order valence-corrected chi connectivity index (χ4v) is 0.906. The van der Waals surface area contributed by atoms with Crippen LogP contribution in [0.1, 0.15) is 11.7 Å². The van der Waals surface area contributed by atoms with E-state index in [4.69, 9.17) is 9.47 Å². The Bertz CT molecular complexity index is 269. The number of carbonyl (C=O) groups excluding carboxylic acids is 1. The summed E-state index contributed by atoms with van der Waals surface area (Å²) in [4.78, 5) is 10.9. The maximum Gasteiger partial charge on any atom is 0.227 e. The molecule has 12 heavy (non-hydrogen) atoms. The van der Waals surface area contributed by atoms with Gasteiger partial charge in [-0.1, -0.05) is 0 Å². The molecule has 0 saturated heterocycles. The zero-order chi connectivity index (χ0) is 9.14. The van der Waals surface area contributed by atoms with Crippen LogP contribution in [0.5, 0.6) is 11.5 Å². The van der Waals surface area contributed by atoms with Crippen LogP contribution in [0.25, 0.3) is 0 Å². The van der Waals surface area contributed by atoms with Crippen LogP contribution in [0, 0.1) is 0 Å². The molecule has 0 radical (unpaired) electrons. The van der Waals surface area contributed by atoms with E-state index in [0.717, 1.165) is 0 Å². The van der Waals surface area contributed by atoms with Gasteiger partial charge in [0.05, 0.1) is 26.6 Å². The zero-order valence-corrected chi connectivity index (χ0v) is 7.33. The summed E-state index contributed by atoms with van der Waals surface area (Å²) in [6.45, 7) is 1.47. The lowest BCUT2D eigenvalue weighted by Crippen LogP contribution is -2.00. The van der Waals surface area contributed by atoms with E-state index in [-0.39, 0.29) is 5.91 Å². The quantitative estimate of drug-likeness (QED) is 0.667. The Balaban J connectivity index is 3.05. The average molecular weight is 169 g/mol. The number of hydrogen-bond donors (Lipinski definition) is 0. The van der Waals surface area contributed by atoms with Crippen LogP contribution >= 0.6 is 0 Å². The standard InChI is InChI=1S/C8H11NO3/c1-6(10)9-4-7(11-2)8(5-9)12-3/h4-5H,1-3H3. The third kappa shape index (κ3) is 1.42. The minimum Gasteiger partial charge on any atom is -0.491 e. The van der Waals surface area contributed by atoms with Gasteiger partial charge >= 0.3 is 0 Å². The van der Waals surface area contributed by atoms with Crippen molar-refractivity contribution in [3.63, 3.8) is 0 Å². The highest BCUT2D eigenvalue weighted by Crippen LogP contribution is 2.27. The first kappa shape index (κ1) is 8.64. The van der Waals surface area contributed by atoms with Crippen molar-refractivity contribution in [2.75, 3.05) is 14.2 Å². The third-order valence-corrected chi connectivity index (χ3v) is 1.56. The first-order chi connectivity index (χ1) is 5.69. The van der Waals surface area contributed by atoms with E-state index in [1.54, 1.807) is 12.4 Å². The molecule has 0 unspecified atom stereocenters. The Hall–Kier alpha value is -1.45. The SMILES string of the molecule is COc1cn(C(C)=O)cc1OC. The van der Waals surface area contributed by atoms with Gasteiger partial charge in [-0.15, -0.1) is 0 Å². The molecule has 0 aliphatic rings. The molecule has 4 heteroatoms. The molecule has 1 aromatic heterocycles. The number of carbonyl (C=O) groups is 1. The Morgan fingerprint density at radius 3 is 1.92 bits per heavy atom. The summed E-state index contributed by atoms with van der Waals surface area (Å²) in [5, 5.41) is 0. The highest BCUT2D eigenvalue weighted by atomic mass is 16.5. The highest BCUT2D eigenvalue weighted by Gasteiger charge is 2.08. The molecule has 0 fully saturated rings. The van der Waals surface area contributed by atoms with Gasteiger partial charge < -0.3 is 9.47 Å². The molecule has 0 N–H and O–H groups in total. The van der Waals surface area contributed by atoms with Gasteiger partial charge in [0.25, 0.3) is 0 Å². The maximum absolute atomic E-state index is 10.9. The molecule has 1 heterocycles. The van der Waals surface area contributed by atoms with E-state index >= 15 is 0 Å². The highest BCUT2D eigenvalue weighted by molar-refractivity contribution is 5.77. The molecule has 1 aromatic rings. The first-order valence-electron chi connectivity index (χ1n) is 3.50. The molecular formula is C8H11NO3. The summed E-state index contributed by atoms with van der Waals surface area (Å²) in [6, 6.07) is 0. The van der Waals surface area contributed by atoms with E-state index in [2.05, 4.69) is 0 Å². The van der Waals surface area contributed by atoms with Crippen molar-refractivity contribution in [3.8, 4) is 11.5 Å². The molecule has 0 amide bonds. The number of nitrogens with zero attached hydrogens (tertiary/aromatic N) is 1. The van der Waals surface area contributed by atoms with Crippen molar-refractivity contribution in [3.05, 3.63) is 12.4 Å². The van der Waals surface area contributed by atoms with Gasteiger partial charge in [0, 0.05) is 6.92 Å². The van der Waals surface area contributed by atoms with Crippen LogP contribution < -0.4 is 9.47 Å². The zero-order valence-electron chi connectivity index (χ0n) is 7.33. The molecule has 0 aromatic carbocycles. The van der Waals surface area contributed by atoms with Crippen molar-refractivity contribution in [1.29, 1.82) is 0 Å². The van der Waals surface area contributed by atoms with Gasteiger partial charge in [0.1, 0.15) is 0 Å². The van der Waals surface area contributed by atoms with E-state index in [1.165, 1.54) is 25.7 Å². The van der Waals surface area contributed by atoms with E-state index in [1.807, 2.05) is 0 Å². The Morgan fingerprint density at radius 2 is 1.67 bits per heavy atom. The Labute approximate surface area is 70.7 Å². The van der Waals surface area contributed by atoms with Crippen molar-refractivity contribution in [2.24, 2.45) is 0 Å². The van der Waals surface area contributed by atoms with Crippen molar-refractivity contribution >= 4 is 5.91 Å². The van der Waals surface area contributed by atoms with Crippen molar-refractivity contribution in [2.45, 2.75) is 6.92 Å². The predicted molar refractivity (Wildman–Crippen MR) is 43.8 cm³/mol. The van der Waals surface area contributed by atoms with E-state index < -0.39 is 0 Å². The summed E-state index contributed by atoms with van der Waals surface area (Å²) in [7, 11) is 3.06. The van der Waals surface area contributed by atoms with E-state index in [0.29, 0.717) is 11.5 Å². The van der Waals surface area contributed by atoms with Gasteiger partial charge in [-0.05, 0) is 0 Å². The van der Waals surface area contributed by atoms with Crippen molar-refractivity contribution in [1.82, 2.24) is 4.57 Å².